The predicted octanol–water partition coefficient (Wildman–Crippen LogP) is -0.527. The minimum Gasteiger partial charge on any atom is -0.356 e. The van der Waals surface area contributed by atoms with Crippen molar-refractivity contribution < 1.29 is 13.2 Å². The van der Waals surface area contributed by atoms with Crippen molar-refractivity contribution in [3.63, 3.8) is 0 Å². The molecule has 0 radical (unpaired) electrons. The van der Waals surface area contributed by atoms with E-state index in [4.69, 9.17) is 0 Å². The van der Waals surface area contributed by atoms with Gasteiger partial charge >= 0.3 is 0 Å². The van der Waals surface area contributed by atoms with Gasteiger partial charge in [0.05, 0.1) is 12.8 Å². The van der Waals surface area contributed by atoms with E-state index in [9.17, 15) is 13.2 Å². The number of piperidine rings is 1. The topological polar surface area (TPSA) is 88.6 Å². The average Bonchev–Trinajstić information content (AvgIpc) is 3.24. The van der Waals surface area contributed by atoms with Gasteiger partial charge in [0, 0.05) is 66.0 Å². The Bertz CT molecular complexity index is 676. The molecule has 0 aliphatic carbocycles. The van der Waals surface area contributed by atoms with Gasteiger partial charge < -0.3 is 15.1 Å². The zero-order valence-electron chi connectivity index (χ0n) is 17.8. The van der Waals surface area contributed by atoms with Crippen molar-refractivity contribution in [3.8, 4) is 0 Å². The van der Waals surface area contributed by atoms with E-state index >= 15 is 0 Å². The molecular formula is C19H36N6O3S. The molecule has 166 valence electrons. The van der Waals surface area contributed by atoms with Gasteiger partial charge in [0.25, 0.3) is 0 Å². The van der Waals surface area contributed by atoms with Gasteiger partial charge in [-0.05, 0) is 31.6 Å². The molecule has 10 heteroatoms. The SMILES string of the molecule is CN=C(NCC1CCN(S(C)(=O)=O)CC1)N1CCN(CC(=O)N2CCCC2)CC1. The summed E-state index contributed by atoms with van der Waals surface area (Å²) in [6.45, 7) is 7.84. The first-order valence-corrected chi connectivity index (χ1v) is 12.6. The molecule has 1 amide bonds. The number of nitrogens with one attached hydrogen (secondary N) is 1. The molecule has 3 aliphatic heterocycles. The standard InChI is InChI=1S/C19H36N6O3S/c1-20-19(21-15-17-5-9-25(10-6-17)29(2,27)28)24-13-11-22(12-14-24)16-18(26)23-7-3-4-8-23/h17H,3-16H2,1-2H3,(H,20,21). The number of piperazine rings is 1. The second-order valence-corrected chi connectivity index (χ2v) is 10.4. The van der Waals surface area contributed by atoms with Crippen LogP contribution in [0, 0.1) is 5.92 Å². The van der Waals surface area contributed by atoms with E-state index in [1.807, 2.05) is 4.90 Å². The third kappa shape index (κ3) is 6.29. The Morgan fingerprint density at radius 2 is 1.59 bits per heavy atom. The number of nitrogens with zero attached hydrogens (tertiary/aromatic N) is 5. The molecule has 0 aromatic heterocycles. The number of carbonyl (C=O) groups excluding carboxylic acids is 1. The fourth-order valence-corrected chi connectivity index (χ4v) is 5.26. The predicted molar refractivity (Wildman–Crippen MR) is 114 cm³/mol. The number of amides is 1. The summed E-state index contributed by atoms with van der Waals surface area (Å²) in [6, 6.07) is 0. The normalized spacial score (nSPS) is 23.6. The van der Waals surface area contributed by atoms with Crippen LogP contribution < -0.4 is 5.32 Å². The van der Waals surface area contributed by atoms with Crippen LogP contribution in [-0.2, 0) is 14.8 Å². The Morgan fingerprint density at radius 1 is 0.966 bits per heavy atom. The molecule has 0 aromatic rings. The lowest BCUT2D eigenvalue weighted by molar-refractivity contribution is -0.131. The molecule has 9 nitrogen and oxygen atoms in total. The van der Waals surface area contributed by atoms with E-state index in [1.54, 1.807) is 11.4 Å². The van der Waals surface area contributed by atoms with E-state index < -0.39 is 10.0 Å². The number of sulfonamides is 1. The fourth-order valence-electron chi connectivity index (χ4n) is 4.39. The summed E-state index contributed by atoms with van der Waals surface area (Å²) >= 11 is 0. The Morgan fingerprint density at radius 3 is 2.14 bits per heavy atom. The molecule has 29 heavy (non-hydrogen) atoms. The van der Waals surface area contributed by atoms with Crippen LogP contribution in [0.15, 0.2) is 4.99 Å². The summed E-state index contributed by atoms with van der Waals surface area (Å²) in [7, 11) is -1.27. The Hall–Kier alpha value is -1.39. The van der Waals surface area contributed by atoms with Gasteiger partial charge in [0.2, 0.25) is 15.9 Å². The fraction of sp³-hybridized carbons (Fsp3) is 0.895. The number of hydrogen-bond donors (Lipinski definition) is 1. The Labute approximate surface area is 175 Å². The minimum absolute atomic E-state index is 0.263. The molecule has 0 aromatic carbocycles. The number of likely N-dealkylation sites (tertiary alicyclic amines) is 1. The highest BCUT2D eigenvalue weighted by Gasteiger charge is 2.27. The first-order valence-electron chi connectivity index (χ1n) is 10.8. The molecule has 3 aliphatic rings. The Balaban J connectivity index is 1.37. The smallest absolute Gasteiger partial charge is 0.236 e. The Kier molecular flexibility index (Phi) is 7.75. The van der Waals surface area contributed by atoms with E-state index in [0.717, 1.165) is 77.5 Å². The maximum absolute atomic E-state index is 12.3. The number of hydrogen-bond acceptors (Lipinski definition) is 5. The zero-order chi connectivity index (χ0) is 20.9. The van der Waals surface area contributed by atoms with Crippen LogP contribution in [0.3, 0.4) is 0 Å². The zero-order valence-corrected chi connectivity index (χ0v) is 18.7. The van der Waals surface area contributed by atoms with Crippen molar-refractivity contribution in [2.75, 3.05) is 78.8 Å². The number of guanidine groups is 1. The van der Waals surface area contributed by atoms with Crippen LogP contribution in [0.5, 0.6) is 0 Å². The maximum Gasteiger partial charge on any atom is 0.236 e. The number of carbonyl (C=O) groups is 1. The van der Waals surface area contributed by atoms with Gasteiger partial charge in [-0.1, -0.05) is 0 Å². The highest BCUT2D eigenvalue weighted by molar-refractivity contribution is 7.88. The summed E-state index contributed by atoms with van der Waals surface area (Å²) in [5.74, 6) is 1.63. The minimum atomic E-state index is -3.07. The molecule has 0 saturated carbocycles. The van der Waals surface area contributed by atoms with E-state index in [1.165, 1.54) is 6.26 Å². The maximum atomic E-state index is 12.3. The van der Waals surface area contributed by atoms with Crippen LogP contribution in [0.25, 0.3) is 0 Å². The van der Waals surface area contributed by atoms with Gasteiger partial charge in [-0.3, -0.25) is 14.7 Å². The molecule has 3 heterocycles. The molecule has 1 N–H and O–H groups in total. The van der Waals surface area contributed by atoms with Crippen LogP contribution in [0.4, 0.5) is 0 Å². The first-order chi connectivity index (χ1) is 13.9. The summed E-state index contributed by atoms with van der Waals surface area (Å²) in [6.07, 6.45) is 5.31. The summed E-state index contributed by atoms with van der Waals surface area (Å²) in [5.41, 5.74) is 0. The van der Waals surface area contributed by atoms with Crippen molar-refractivity contribution >= 4 is 21.9 Å². The highest BCUT2D eigenvalue weighted by Crippen LogP contribution is 2.18. The lowest BCUT2D eigenvalue weighted by Crippen LogP contribution is -2.54. The first kappa shape index (κ1) is 22.3. The van der Waals surface area contributed by atoms with Gasteiger partial charge in [-0.25, -0.2) is 12.7 Å². The second-order valence-electron chi connectivity index (χ2n) is 8.38. The van der Waals surface area contributed by atoms with Gasteiger partial charge in [-0.2, -0.15) is 0 Å². The van der Waals surface area contributed by atoms with Gasteiger partial charge in [-0.15, -0.1) is 0 Å². The van der Waals surface area contributed by atoms with Crippen molar-refractivity contribution in [2.24, 2.45) is 10.9 Å². The molecule has 0 spiro atoms. The van der Waals surface area contributed by atoms with Crippen molar-refractivity contribution in [2.45, 2.75) is 25.7 Å². The number of aliphatic imine (C=N–C) groups is 1. The summed E-state index contributed by atoms with van der Waals surface area (Å²) in [4.78, 5) is 23.3. The van der Waals surface area contributed by atoms with Crippen molar-refractivity contribution in [3.05, 3.63) is 0 Å². The summed E-state index contributed by atoms with van der Waals surface area (Å²) < 4.78 is 24.8. The molecule has 0 atom stereocenters. The molecule has 3 fully saturated rings. The van der Waals surface area contributed by atoms with E-state index in [0.29, 0.717) is 25.6 Å². The van der Waals surface area contributed by atoms with Gasteiger partial charge in [0.1, 0.15) is 0 Å². The highest BCUT2D eigenvalue weighted by atomic mass is 32.2. The van der Waals surface area contributed by atoms with Crippen LogP contribution in [-0.4, -0.2) is 118 Å². The largest absolute Gasteiger partial charge is 0.356 e. The third-order valence-electron chi connectivity index (χ3n) is 6.29. The molecule has 3 rings (SSSR count). The molecule has 3 saturated heterocycles. The molecular weight excluding hydrogens is 392 g/mol. The van der Waals surface area contributed by atoms with Crippen LogP contribution in [0.2, 0.25) is 0 Å². The lowest BCUT2D eigenvalue weighted by Gasteiger charge is -2.37. The van der Waals surface area contributed by atoms with Crippen LogP contribution >= 0.6 is 0 Å². The third-order valence-corrected chi connectivity index (χ3v) is 7.60. The monoisotopic (exact) mass is 428 g/mol. The van der Waals surface area contributed by atoms with Gasteiger partial charge in [0.15, 0.2) is 5.96 Å². The van der Waals surface area contributed by atoms with E-state index in [2.05, 4.69) is 20.1 Å². The second kappa shape index (κ2) is 10.1. The summed E-state index contributed by atoms with van der Waals surface area (Å²) in [5, 5.41) is 3.48. The molecule has 0 unspecified atom stereocenters. The quantitative estimate of drug-likeness (QED) is 0.468. The van der Waals surface area contributed by atoms with E-state index in [-0.39, 0.29) is 5.91 Å². The van der Waals surface area contributed by atoms with Crippen LogP contribution in [0.1, 0.15) is 25.7 Å². The van der Waals surface area contributed by atoms with Crippen molar-refractivity contribution in [1.29, 1.82) is 0 Å². The number of rotatable bonds is 5. The lowest BCUT2D eigenvalue weighted by atomic mass is 9.98. The molecule has 0 bridgehead atoms. The van der Waals surface area contributed by atoms with Crippen molar-refractivity contribution in [1.82, 2.24) is 24.3 Å². The average molecular weight is 429 g/mol.